The molecule has 1 aromatic heterocycles. The molecule has 1 N–H and O–H groups in total. The van der Waals surface area contributed by atoms with Crippen LogP contribution in [0.4, 0.5) is 0 Å². The number of carbonyl (C=O) groups is 1. The van der Waals surface area contributed by atoms with Crippen molar-refractivity contribution >= 4 is 22.9 Å². The number of amides is 1. The van der Waals surface area contributed by atoms with Gasteiger partial charge in [-0.3, -0.25) is 4.79 Å². The number of benzene rings is 2. The number of para-hydroxylation sites is 1. The molecule has 3 aromatic rings. The lowest BCUT2D eigenvalue weighted by atomic mass is 10.1. The molecule has 0 radical (unpaired) electrons. The number of methoxy groups -OCH3 is 2. The van der Waals surface area contributed by atoms with Gasteiger partial charge in [-0.2, -0.15) is 0 Å². The minimum absolute atomic E-state index is 0.199. The first-order valence-electron chi connectivity index (χ1n) is 8.67. The van der Waals surface area contributed by atoms with Gasteiger partial charge in [-0.25, -0.2) is 4.98 Å². The van der Waals surface area contributed by atoms with Gasteiger partial charge in [0.2, 0.25) is 5.91 Å². The molecular weight excluding hydrogens is 340 g/mol. The summed E-state index contributed by atoms with van der Waals surface area (Å²) < 4.78 is 10.6. The van der Waals surface area contributed by atoms with Gasteiger partial charge in [-0.05, 0) is 37.3 Å². The number of nitrogens with zero attached hydrogens (tertiary/aromatic N) is 1. The predicted octanol–water partition coefficient (Wildman–Crippen LogP) is 4.14. The largest absolute Gasteiger partial charge is 0.497 e. The number of hydrogen-bond donors (Lipinski definition) is 1. The minimum atomic E-state index is -0.215. The van der Waals surface area contributed by atoms with Crippen molar-refractivity contribution in [1.29, 1.82) is 0 Å². The molecule has 0 unspecified atom stereocenters. The molecule has 0 aliphatic rings. The first-order valence-corrected chi connectivity index (χ1v) is 8.67. The second-order valence-corrected chi connectivity index (χ2v) is 6.10. The maximum atomic E-state index is 12.3. The smallest absolute Gasteiger partial charge is 0.244 e. The molecule has 1 heterocycles. The van der Waals surface area contributed by atoms with E-state index in [0.29, 0.717) is 11.5 Å². The molecule has 0 bridgehead atoms. The molecule has 0 saturated heterocycles. The number of aromatic nitrogens is 1. The highest BCUT2D eigenvalue weighted by Crippen LogP contribution is 2.29. The van der Waals surface area contributed by atoms with Crippen LogP contribution in [0, 0.1) is 0 Å². The Bertz CT molecular complexity index is 982. The van der Waals surface area contributed by atoms with E-state index in [1.165, 1.54) is 6.08 Å². The van der Waals surface area contributed by atoms with E-state index in [1.807, 2.05) is 55.5 Å². The Morgan fingerprint density at radius 2 is 1.89 bits per heavy atom. The standard InChI is InChI=1S/C22H22N2O3/c1-15(19-12-11-18(26-2)14-21(19)27-3)23-22(25)13-10-17-9-8-16-6-4-5-7-20(16)24-17/h4-15H,1-3H3,(H,23,25)/b13-10+/t15-/m1/s1. The summed E-state index contributed by atoms with van der Waals surface area (Å²) in [7, 11) is 3.20. The van der Waals surface area contributed by atoms with E-state index < -0.39 is 0 Å². The van der Waals surface area contributed by atoms with Crippen molar-refractivity contribution in [3.05, 3.63) is 71.9 Å². The number of fused-ring (bicyclic) bond motifs is 1. The highest BCUT2D eigenvalue weighted by atomic mass is 16.5. The van der Waals surface area contributed by atoms with Crippen LogP contribution in [0.5, 0.6) is 11.5 Å². The summed E-state index contributed by atoms with van der Waals surface area (Å²) in [6.45, 7) is 1.91. The summed E-state index contributed by atoms with van der Waals surface area (Å²) in [5.41, 5.74) is 2.51. The Labute approximate surface area is 158 Å². The number of pyridine rings is 1. The van der Waals surface area contributed by atoms with Gasteiger partial charge in [0.1, 0.15) is 11.5 Å². The van der Waals surface area contributed by atoms with Gasteiger partial charge in [0.15, 0.2) is 0 Å². The normalized spacial score (nSPS) is 12.1. The molecule has 5 heteroatoms. The minimum Gasteiger partial charge on any atom is -0.497 e. The van der Waals surface area contributed by atoms with Gasteiger partial charge >= 0.3 is 0 Å². The molecular formula is C22H22N2O3. The summed E-state index contributed by atoms with van der Waals surface area (Å²) in [5.74, 6) is 1.18. The van der Waals surface area contributed by atoms with E-state index in [9.17, 15) is 4.79 Å². The maximum absolute atomic E-state index is 12.3. The van der Waals surface area contributed by atoms with Gasteiger partial charge in [0, 0.05) is 23.1 Å². The molecule has 5 nitrogen and oxygen atoms in total. The quantitative estimate of drug-likeness (QED) is 0.670. The highest BCUT2D eigenvalue weighted by molar-refractivity contribution is 5.92. The number of rotatable bonds is 6. The second-order valence-electron chi connectivity index (χ2n) is 6.10. The van der Waals surface area contributed by atoms with Crippen LogP contribution < -0.4 is 14.8 Å². The van der Waals surface area contributed by atoms with Crippen LogP contribution in [0.3, 0.4) is 0 Å². The molecule has 138 valence electrons. The highest BCUT2D eigenvalue weighted by Gasteiger charge is 2.13. The lowest BCUT2D eigenvalue weighted by Crippen LogP contribution is -2.25. The van der Waals surface area contributed by atoms with Crippen molar-refractivity contribution in [2.75, 3.05) is 14.2 Å². The summed E-state index contributed by atoms with van der Waals surface area (Å²) in [5, 5.41) is 4.01. The fraction of sp³-hybridized carbons (Fsp3) is 0.182. The topological polar surface area (TPSA) is 60.5 Å². The SMILES string of the molecule is COc1ccc([C@@H](C)NC(=O)/C=C/c2ccc3ccccc3n2)c(OC)c1. The molecule has 0 saturated carbocycles. The molecule has 2 aromatic carbocycles. The van der Waals surface area contributed by atoms with E-state index in [-0.39, 0.29) is 11.9 Å². The number of ether oxygens (including phenoxy) is 2. The number of hydrogen-bond acceptors (Lipinski definition) is 4. The average Bonchev–Trinajstić information content (AvgIpc) is 2.71. The van der Waals surface area contributed by atoms with E-state index in [1.54, 1.807) is 26.4 Å². The number of carbonyl (C=O) groups excluding carboxylic acids is 1. The Hall–Kier alpha value is -3.34. The van der Waals surface area contributed by atoms with Crippen LogP contribution in [0.2, 0.25) is 0 Å². The van der Waals surface area contributed by atoms with E-state index >= 15 is 0 Å². The van der Waals surface area contributed by atoms with Crippen LogP contribution in [0.1, 0.15) is 24.2 Å². The van der Waals surface area contributed by atoms with E-state index in [4.69, 9.17) is 9.47 Å². The van der Waals surface area contributed by atoms with Crippen molar-refractivity contribution in [2.24, 2.45) is 0 Å². The Morgan fingerprint density at radius 1 is 1.07 bits per heavy atom. The predicted molar refractivity (Wildman–Crippen MR) is 107 cm³/mol. The Balaban J connectivity index is 1.70. The van der Waals surface area contributed by atoms with Gasteiger partial charge in [0.05, 0.1) is 31.5 Å². The van der Waals surface area contributed by atoms with Crippen molar-refractivity contribution < 1.29 is 14.3 Å². The van der Waals surface area contributed by atoms with E-state index in [2.05, 4.69) is 10.3 Å². The summed E-state index contributed by atoms with van der Waals surface area (Å²) in [6, 6.07) is 17.1. The first kappa shape index (κ1) is 18.5. The van der Waals surface area contributed by atoms with E-state index in [0.717, 1.165) is 22.2 Å². The lowest BCUT2D eigenvalue weighted by molar-refractivity contribution is -0.117. The molecule has 0 fully saturated rings. The van der Waals surface area contributed by atoms with Crippen LogP contribution in [0.25, 0.3) is 17.0 Å². The Morgan fingerprint density at radius 3 is 2.67 bits per heavy atom. The first-order chi connectivity index (χ1) is 13.1. The van der Waals surface area contributed by atoms with Crippen molar-refractivity contribution in [3.63, 3.8) is 0 Å². The maximum Gasteiger partial charge on any atom is 0.244 e. The van der Waals surface area contributed by atoms with Crippen LogP contribution in [-0.2, 0) is 4.79 Å². The zero-order valence-electron chi connectivity index (χ0n) is 15.6. The Kier molecular flexibility index (Phi) is 5.71. The summed E-state index contributed by atoms with van der Waals surface area (Å²) in [4.78, 5) is 16.8. The third kappa shape index (κ3) is 4.44. The molecule has 3 rings (SSSR count). The fourth-order valence-corrected chi connectivity index (χ4v) is 2.85. The lowest BCUT2D eigenvalue weighted by Gasteiger charge is -2.17. The molecule has 1 atom stereocenters. The van der Waals surface area contributed by atoms with Gasteiger partial charge < -0.3 is 14.8 Å². The van der Waals surface area contributed by atoms with Crippen LogP contribution in [0.15, 0.2) is 60.7 Å². The monoisotopic (exact) mass is 362 g/mol. The molecule has 0 aliphatic carbocycles. The zero-order chi connectivity index (χ0) is 19.2. The fourth-order valence-electron chi connectivity index (χ4n) is 2.85. The average molecular weight is 362 g/mol. The zero-order valence-corrected chi connectivity index (χ0v) is 15.6. The van der Waals surface area contributed by atoms with Crippen LogP contribution in [-0.4, -0.2) is 25.1 Å². The summed E-state index contributed by atoms with van der Waals surface area (Å²) in [6.07, 6.45) is 3.20. The van der Waals surface area contributed by atoms with Gasteiger partial charge in [-0.15, -0.1) is 0 Å². The van der Waals surface area contributed by atoms with Crippen LogP contribution >= 0.6 is 0 Å². The van der Waals surface area contributed by atoms with Crippen molar-refractivity contribution in [2.45, 2.75) is 13.0 Å². The summed E-state index contributed by atoms with van der Waals surface area (Å²) >= 11 is 0. The molecule has 0 spiro atoms. The third-order valence-electron chi connectivity index (χ3n) is 4.29. The number of nitrogens with one attached hydrogen (secondary N) is 1. The molecule has 0 aliphatic heterocycles. The molecule has 27 heavy (non-hydrogen) atoms. The van der Waals surface area contributed by atoms with Gasteiger partial charge in [-0.1, -0.05) is 24.3 Å². The third-order valence-corrected chi connectivity index (χ3v) is 4.29. The van der Waals surface area contributed by atoms with Gasteiger partial charge in [0.25, 0.3) is 0 Å². The second kappa shape index (κ2) is 8.36. The van der Waals surface area contributed by atoms with Crippen molar-refractivity contribution in [1.82, 2.24) is 10.3 Å². The van der Waals surface area contributed by atoms with Crippen molar-refractivity contribution in [3.8, 4) is 11.5 Å². The molecule has 1 amide bonds.